The van der Waals surface area contributed by atoms with Gasteiger partial charge in [0.2, 0.25) is 0 Å². The van der Waals surface area contributed by atoms with E-state index in [4.69, 9.17) is 11.6 Å². The first-order chi connectivity index (χ1) is 9.63. The number of Topliss-reactive ketones (excluding diaryl/α,β-unsaturated/α-hetero) is 1. The number of hydrogen-bond donors (Lipinski definition) is 0. The van der Waals surface area contributed by atoms with Gasteiger partial charge in [0.25, 0.3) is 0 Å². The van der Waals surface area contributed by atoms with Crippen molar-refractivity contribution in [3.8, 4) is 0 Å². The molecule has 0 aliphatic heterocycles. The Bertz CT molecular complexity index is 646. The molecule has 102 valence electrons. The maximum absolute atomic E-state index is 12.6. The van der Waals surface area contributed by atoms with Crippen LogP contribution in [0.15, 0.2) is 46.9 Å². The summed E-state index contributed by atoms with van der Waals surface area (Å²) >= 11 is 9.43. The van der Waals surface area contributed by atoms with Gasteiger partial charge in [-0.15, -0.1) is 0 Å². The van der Waals surface area contributed by atoms with Gasteiger partial charge in [-0.25, -0.2) is 0 Å². The lowest BCUT2D eigenvalue weighted by molar-refractivity contribution is 0.0908. The summed E-state index contributed by atoms with van der Waals surface area (Å²) in [5.41, 5.74) is 3.38. The highest BCUT2D eigenvalue weighted by Crippen LogP contribution is 2.29. The van der Waals surface area contributed by atoms with E-state index in [1.54, 1.807) is 12.1 Å². The summed E-state index contributed by atoms with van der Waals surface area (Å²) in [4.78, 5) is 12.6. The normalized spacial score (nSPS) is 17.6. The molecule has 0 spiro atoms. The molecule has 3 rings (SSSR count). The molecule has 1 atom stereocenters. The minimum absolute atomic E-state index is 0.0651. The number of rotatable bonds is 2. The summed E-state index contributed by atoms with van der Waals surface area (Å²) in [6.45, 7) is 0. The van der Waals surface area contributed by atoms with Crippen LogP contribution in [0.1, 0.15) is 27.9 Å². The zero-order chi connectivity index (χ0) is 14.1. The molecule has 0 saturated carbocycles. The van der Waals surface area contributed by atoms with Gasteiger partial charge < -0.3 is 0 Å². The minimum Gasteiger partial charge on any atom is -0.294 e. The van der Waals surface area contributed by atoms with Crippen molar-refractivity contribution in [3.63, 3.8) is 0 Å². The van der Waals surface area contributed by atoms with Gasteiger partial charge in [0.05, 0.1) is 0 Å². The molecule has 0 fully saturated rings. The summed E-state index contributed by atoms with van der Waals surface area (Å²) in [6, 6.07) is 13.8. The van der Waals surface area contributed by atoms with Crippen LogP contribution in [0.4, 0.5) is 0 Å². The Morgan fingerprint density at radius 3 is 2.65 bits per heavy atom. The molecule has 2 aromatic carbocycles. The number of benzene rings is 2. The van der Waals surface area contributed by atoms with Gasteiger partial charge >= 0.3 is 0 Å². The number of fused-ring (bicyclic) bond motifs is 1. The SMILES string of the molecule is O=C(c1cc(Cl)cc(Br)c1)C1CCc2ccccc2C1. The highest BCUT2D eigenvalue weighted by atomic mass is 79.9. The molecular formula is C17H14BrClO. The van der Waals surface area contributed by atoms with E-state index in [1.807, 2.05) is 12.1 Å². The molecule has 1 nitrogen and oxygen atoms in total. The molecule has 3 heteroatoms. The molecule has 0 heterocycles. The zero-order valence-electron chi connectivity index (χ0n) is 10.9. The average molecular weight is 350 g/mol. The number of halogens is 2. The second kappa shape index (κ2) is 5.71. The summed E-state index contributed by atoms with van der Waals surface area (Å²) in [5, 5.41) is 0.596. The van der Waals surface area contributed by atoms with Crippen molar-refractivity contribution in [1.29, 1.82) is 0 Å². The molecule has 0 N–H and O–H groups in total. The lowest BCUT2D eigenvalue weighted by Crippen LogP contribution is -2.22. The van der Waals surface area contributed by atoms with Crippen LogP contribution < -0.4 is 0 Å². The van der Waals surface area contributed by atoms with Gasteiger partial charge in [-0.05, 0) is 48.6 Å². The van der Waals surface area contributed by atoms with Gasteiger partial charge in [0.1, 0.15) is 0 Å². The van der Waals surface area contributed by atoms with Crippen molar-refractivity contribution >= 4 is 33.3 Å². The van der Waals surface area contributed by atoms with Crippen molar-refractivity contribution in [2.24, 2.45) is 5.92 Å². The Morgan fingerprint density at radius 2 is 1.90 bits per heavy atom. The molecule has 1 aliphatic rings. The van der Waals surface area contributed by atoms with Gasteiger partial charge in [-0.2, -0.15) is 0 Å². The lowest BCUT2D eigenvalue weighted by Gasteiger charge is -2.23. The van der Waals surface area contributed by atoms with Crippen LogP contribution in [-0.4, -0.2) is 5.78 Å². The summed E-state index contributed by atoms with van der Waals surface area (Å²) < 4.78 is 0.851. The first-order valence-electron chi connectivity index (χ1n) is 6.70. The highest BCUT2D eigenvalue weighted by Gasteiger charge is 2.25. The van der Waals surface area contributed by atoms with Crippen LogP contribution >= 0.6 is 27.5 Å². The van der Waals surface area contributed by atoms with Crippen LogP contribution in [0.25, 0.3) is 0 Å². The average Bonchev–Trinajstić information content (AvgIpc) is 2.45. The fraction of sp³-hybridized carbons (Fsp3) is 0.235. The topological polar surface area (TPSA) is 17.1 Å². The van der Waals surface area contributed by atoms with Gasteiger partial charge in [-0.1, -0.05) is 51.8 Å². The number of aryl methyl sites for hydroxylation is 1. The molecule has 0 amide bonds. The number of carbonyl (C=O) groups is 1. The quantitative estimate of drug-likeness (QED) is 0.690. The van der Waals surface area contributed by atoms with Crippen LogP contribution in [0.5, 0.6) is 0 Å². The zero-order valence-corrected chi connectivity index (χ0v) is 13.2. The summed E-state index contributed by atoms with van der Waals surface area (Å²) in [5.74, 6) is 0.262. The van der Waals surface area contributed by atoms with E-state index >= 15 is 0 Å². The largest absolute Gasteiger partial charge is 0.294 e. The predicted molar refractivity (Wildman–Crippen MR) is 85.4 cm³/mol. The van der Waals surface area contributed by atoms with Gasteiger partial charge in [0.15, 0.2) is 5.78 Å². The van der Waals surface area contributed by atoms with E-state index in [-0.39, 0.29) is 11.7 Å². The van der Waals surface area contributed by atoms with Crippen molar-refractivity contribution < 1.29 is 4.79 Å². The van der Waals surface area contributed by atoms with E-state index in [0.29, 0.717) is 10.6 Å². The van der Waals surface area contributed by atoms with Crippen molar-refractivity contribution in [2.75, 3.05) is 0 Å². The Morgan fingerprint density at radius 1 is 1.15 bits per heavy atom. The van der Waals surface area contributed by atoms with Crippen molar-refractivity contribution in [2.45, 2.75) is 19.3 Å². The number of carbonyl (C=O) groups excluding carboxylic acids is 1. The number of ketones is 1. The lowest BCUT2D eigenvalue weighted by atomic mass is 9.80. The highest BCUT2D eigenvalue weighted by molar-refractivity contribution is 9.10. The molecule has 0 saturated heterocycles. The minimum atomic E-state index is 0.0651. The first-order valence-corrected chi connectivity index (χ1v) is 7.87. The Hall–Kier alpha value is -1.12. The third-order valence-electron chi connectivity index (χ3n) is 3.86. The van der Waals surface area contributed by atoms with Gasteiger partial charge in [-0.3, -0.25) is 4.79 Å². The Kier molecular flexibility index (Phi) is 3.95. The fourth-order valence-corrected chi connectivity index (χ4v) is 3.71. The van der Waals surface area contributed by atoms with Crippen LogP contribution in [-0.2, 0) is 12.8 Å². The first kappa shape index (κ1) is 13.8. The standard InChI is InChI=1S/C17H14BrClO/c18-15-8-14(9-16(19)10-15)17(20)13-6-5-11-3-1-2-4-12(11)7-13/h1-4,8-10,13H,5-7H2. The molecular weight excluding hydrogens is 336 g/mol. The third-order valence-corrected chi connectivity index (χ3v) is 4.54. The van der Waals surface area contributed by atoms with E-state index < -0.39 is 0 Å². The third kappa shape index (κ3) is 2.82. The summed E-state index contributed by atoms with van der Waals surface area (Å²) in [6.07, 6.45) is 2.73. The van der Waals surface area contributed by atoms with Crippen LogP contribution in [0, 0.1) is 5.92 Å². The molecule has 1 unspecified atom stereocenters. The predicted octanol–water partition coefficient (Wildman–Crippen LogP) is 5.09. The number of hydrogen-bond acceptors (Lipinski definition) is 1. The van der Waals surface area contributed by atoms with Gasteiger partial charge in [0, 0.05) is 21.0 Å². The van der Waals surface area contributed by atoms with Crippen LogP contribution in [0.2, 0.25) is 5.02 Å². The van der Waals surface area contributed by atoms with E-state index in [9.17, 15) is 4.79 Å². The molecule has 2 aromatic rings. The Labute approximate surface area is 132 Å². The molecule has 0 radical (unpaired) electrons. The fourth-order valence-electron chi connectivity index (χ4n) is 2.85. The van der Waals surface area contributed by atoms with Crippen LogP contribution in [0.3, 0.4) is 0 Å². The van der Waals surface area contributed by atoms with E-state index in [0.717, 1.165) is 23.7 Å². The molecule has 1 aliphatic carbocycles. The monoisotopic (exact) mass is 348 g/mol. The molecule has 0 bridgehead atoms. The van der Waals surface area contributed by atoms with E-state index in [1.165, 1.54) is 11.1 Å². The maximum Gasteiger partial charge on any atom is 0.166 e. The molecule has 0 aromatic heterocycles. The second-order valence-electron chi connectivity index (χ2n) is 5.23. The van der Waals surface area contributed by atoms with Crippen molar-refractivity contribution in [3.05, 3.63) is 68.7 Å². The second-order valence-corrected chi connectivity index (χ2v) is 6.58. The van der Waals surface area contributed by atoms with E-state index in [2.05, 4.69) is 34.1 Å². The Balaban J connectivity index is 1.86. The van der Waals surface area contributed by atoms with Crippen molar-refractivity contribution in [1.82, 2.24) is 0 Å². The summed E-state index contributed by atoms with van der Waals surface area (Å²) in [7, 11) is 0. The maximum atomic E-state index is 12.6. The molecule has 20 heavy (non-hydrogen) atoms. The smallest absolute Gasteiger partial charge is 0.166 e.